The van der Waals surface area contributed by atoms with E-state index in [4.69, 9.17) is 10.8 Å². The molecule has 0 unspecified atom stereocenters. The number of hydrogen-bond donors (Lipinski definition) is 4. The molecule has 0 aliphatic rings. The highest BCUT2D eigenvalue weighted by molar-refractivity contribution is 14.1. The number of nitrogens with one attached hydrogen (secondary N) is 1. The lowest BCUT2D eigenvalue weighted by Crippen LogP contribution is -2.32. The molecule has 1 aromatic heterocycles. The number of halogens is 1. The minimum absolute atomic E-state index is 0.126. The Bertz CT molecular complexity index is 1010. The second-order valence-electron chi connectivity index (χ2n) is 8.03. The highest BCUT2D eigenvalue weighted by Gasteiger charge is 2.22. The van der Waals surface area contributed by atoms with Gasteiger partial charge in [0, 0.05) is 17.5 Å². The van der Waals surface area contributed by atoms with Gasteiger partial charge < -0.3 is 20.9 Å². The van der Waals surface area contributed by atoms with Gasteiger partial charge in [-0.05, 0) is 75.2 Å². The topological polar surface area (TPSA) is 99.3 Å². The van der Waals surface area contributed by atoms with Crippen LogP contribution < -0.4 is 5.73 Å². The number of carboxylic acids is 1. The lowest BCUT2D eigenvalue weighted by atomic mass is 9.86. The second-order valence-corrected chi connectivity index (χ2v) is 9.10. The lowest BCUT2D eigenvalue weighted by molar-refractivity contribution is -0.138. The van der Waals surface area contributed by atoms with Gasteiger partial charge in [0.15, 0.2) is 0 Å². The molecule has 148 valence electrons. The maximum absolute atomic E-state index is 11.0. The van der Waals surface area contributed by atoms with Gasteiger partial charge in [-0.2, -0.15) is 0 Å². The normalized spacial score (nSPS) is 13.0. The van der Waals surface area contributed by atoms with Crippen LogP contribution in [-0.4, -0.2) is 33.8 Å². The van der Waals surface area contributed by atoms with Crippen molar-refractivity contribution in [3.63, 3.8) is 0 Å². The Balaban J connectivity index is 1.99. The number of H-pyrrole nitrogens is 1. The number of aliphatic hydroxyl groups is 1. The molecule has 3 aromatic rings. The Kier molecular flexibility index (Phi) is 6.12. The summed E-state index contributed by atoms with van der Waals surface area (Å²) in [5.41, 5.74) is 10.8. The molecular formula is C22H25IN2O3. The predicted molar refractivity (Wildman–Crippen MR) is 120 cm³/mol. The van der Waals surface area contributed by atoms with Gasteiger partial charge in [-0.25, -0.2) is 0 Å². The monoisotopic (exact) mass is 492 g/mol. The number of benzene rings is 2. The third-order valence-corrected chi connectivity index (χ3v) is 5.89. The van der Waals surface area contributed by atoms with Crippen molar-refractivity contribution in [1.29, 1.82) is 0 Å². The van der Waals surface area contributed by atoms with Crippen LogP contribution in [-0.2, 0) is 17.6 Å². The van der Waals surface area contributed by atoms with Crippen molar-refractivity contribution >= 4 is 39.5 Å². The van der Waals surface area contributed by atoms with Gasteiger partial charge in [-0.1, -0.05) is 44.2 Å². The first-order valence-electron chi connectivity index (χ1n) is 9.19. The number of aromatic amines is 1. The van der Waals surface area contributed by atoms with E-state index in [-0.39, 0.29) is 12.0 Å². The highest BCUT2D eigenvalue weighted by Crippen LogP contribution is 2.33. The Morgan fingerprint density at radius 3 is 2.61 bits per heavy atom. The van der Waals surface area contributed by atoms with E-state index in [0.717, 1.165) is 37.7 Å². The first kappa shape index (κ1) is 20.8. The van der Waals surface area contributed by atoms with Crippen LogP contribution in [0.1, 0.15) is 25.0 Å². The van der Waals surface area contributed by atoms with Gasteiger partial charge in [0.1, 0.15) is 6.04 Å². The number of aromatic nitrogens is 1. The summed E-state index contributed by atoms with van der Waals surface area (Å²) in [7, 11) is 0. The van der Waals surface area contributed by atoms with Crippen molar-refractivity contribution in [2.75, 3.05) is 6.61 Å². The molecule has 0 amide bonds. The molecule has 0 saturated heterocycles. The molecule has 28 heavy (non-hydrogen) atoms. The van der Waals surface area contributed by atoms with E-state index in [9.17, 15) is 9.90 Å². The minimum Gasteiger partial charge on any atom is -0.480 e. The van der Waals surface area contributed by atoms with Gasteiger partial charge in [0.05, 0.1) is 3.70 Å². The molecular weight excluding hydrogens is 467 g/mol. The summed E-state index contributed by atoms with van der Waals surface area (Å²) in [5.74, 6) is -0.995. The van der Waals surface area contributed by atoms with Crippen LogP contribution in [0.4, 0.5) is 0 Å². The van der Waals surface area contributed by atoms with Crippen LogP contribution >= 0.6 is 22.6 Å². The third kappa shape index (κ3) is 4.56. The van der Waals surface area contributed by atoms with Crippen molar-refractivity contribution in [2.24, 2.45) is 11.1 Å². The standard InChI is InChI=1S/C22H25IN2O3/c1-22(2,12-26)11-17-16-10-15(6-7-19(16)25-20(17)23)14-5-3-4-13(8-14)9-18(24)21(27)28/h3-8,10,18,25-26H,9,11-12,24H2,1-2H3,(H,27,28)/t18-/m0/s1. The van der Waals surface area contributed by atoms with E-state index in [1.165, 1.54) is 5.56 Å². The van der Waals surface area contributed by atoms with Crippen LogP contribution in [0.3, 0.4) is 0 Å². The van der Waals surface area contributed by atoms with E-state index >= 15 is 0 Å². The lowest BCUT2D eigenvalue weighted by Gasteiger charge is -2.21. The van der Waals surface area contributed by atoms with Crippen molar-refractivity contribution < 1.29 is 15.0 Å². The molecule has 6 heteroatoms. The number of carbonyl (C=O) groups is 1. The van der Waals surface area contributed by atoms with Crippen molar-refractivity contribution in [3.05, 3.63) is 57.3 Å². The Morgan fingerprint density at radius 1 is 1.21 bits per heavy atom. The summed E-state index contributed by atoms with van der Waals surface area (Å²) < 4.78 is 1.09. The van der Waals surface area contributed by atoms with E-state index in [2.05, 4.69) is 59.6 Å². The summed E-state index contributed by atoms with van der Waals surface area (Å²) in [4.78, 5) is 14.5. The summed E-state index contributed by atoms with van der Waals surface area (Å²) in [5, 5.41) is 19.9. The minimum atomic E-state index is -0.995. The molecule has 0 aliphatic carbocycles. The molecule has 0 aliphatic heterocycles. The number of aliphatic hydroxyl groups excluding tert-OH is 1. The SMILES string of the molecule is CC(C)(CO)Cc1c(I)[nH]c2ccc(-c3cccc(C[C@H](N)C(=O)O)c3)cc12. The smallest absolute Gasteiger partial charge is 0.320 e. The number of fused-ring (bicyclic) bond motifs is 1. The summed E-state index contributed by atoms with van der Waals surface area (Å²) in [6.07, 6.45) is 1.07. The first-order valence-corrected chi connectivity index (χ1v) is 10.3. The Labute approximate surface area is 178 Å². The number of hydrogen-bond acceptors (Lipinski definition) is 3. The first-order chi connectivity index (χ1) is 13.2. The Hall–Kier alpha value is -1.90. The molecule has 1 atom stereocenters. The number of nitrogens with two attached hydrogens (primary N) is 1. The van der Waals surface area contributed by atoms with Gasteiger partial charge >= 0.3 is 5.97 Å². The number of rotatable bonds is 7. The van der Waals surface area contributed by atoms with Gasteiger partial charge in [0.25, 0.3) is 0 Å². The maximum Gasteiger partial charge on any atom is 0.320 e. The molecule has 5 N–H and O–H groups in total. The Morgan fingerprint density at radius 2 is 1.93 bits per heavy atom. The number of carboxylic acid groups (broad SMARTS) is 1. The molecule has 0 saturated carbocycles. The average molecular weight is 492 g/mol. The van der Waals surface area contributed by atoms with Crippen LogP contribution in [0, 0.1) is 9.12 Å². The summed E-state index contributed by atoms with van der Waals surface area (Å²) in [6.45, 7) is 4.24. The van der Waals surface area contributed by atoms with E-state index in [1.807, 2.05) is 24.3 Å². The largest absolute Gasteiger partial charge is 0.480 e. The zero-order valence-electron chi connectivity index (χ0n) is 16.0. The van der Waals surface area contributed by atoms with Crippen molar-refractivity contribution in [2.45, 2.75) is 32.7 Å². The fraction of sp³-hybridized carbons (Fsp3) is 0.318. The van der Waals surface area contributed by atoms with Crippen LogP contribution in [0.15, 0.2) is 42.5 Å². The fourth-order valence-electron chi connectivity index (χ4n) is 3.32. The molecule has 1 heterocycles. The maximum atomic E-state index is 11.0. The highest BCUT2D eigenvalue weighted by atomic mass is 127. The fourth-order valence-corrected chi connectivity index (χ4v) is 4.09. The zero-order chi connectivity index (χ0) is 20.5. The third-order valence-electron chi connectivity index (χ3n) is 4.97. The molecule has 2 aromatic carbocycles. The van der Waals surface area contributed by atoms with Gasteiger partial charge in [0.2, 0.25) is 0 Å². The molecule has 0 bridgehead atoms. The van der Waals surface area contributed by atoms with E-state index in [0.29, 0.717) is 6.42 Å². The molecule has 0 fully saturated rings. The van der Waals surface area contributed by atoms with E-state index < -0.39 is 12.0 Å². The summed E-state index contributed by atoms with van der Waals surface area (Å²) in [6, 6.07) is 13.2. The van der Waals surface area contributed by atoms with Crippen molar-refractivity contribution in [1.82, 2.24) is 4.98 Å². The van der Waals surface area contributed by atoms with Crippen LogP contribution in [0.25, 0.3) is 22.0 Å². The van der Waals surface area contributed by atoms with Crippen molar-refractivity contribution in [3.8, 4) is 11.1 Å². The molecule has 0 radical (unpaired) electrons. The second kappa shape index (κ2) is 8.23. The molecule has 0 spiro atoms. The van der Waals surface area contributed by atoms with Crippen LogP contribution in [0.2, 0.25) is 0 Å². The molecule has 3 rings (SSSR count). The zero-order valence-corrected chi connectivity index (χ0v) is 18.2. The number of aliphatic carboxylic acids is 1. The molecule has 5 nitrogen and oxygen atoms in total. The average Bonchev–Trinajstić information content (AvgIpc) is 2.96. The quantitative estimate of drug-likeness (QED) is 0.376. The van der Waals surface area contributed by atoms with Crippen LogP contribution in [0.5, 0.6) is 0 Å². The summed E-state index contributed by atoms with van der Waals surface area (Å²) >= 11 is 2.31. The van der Waals surface area contributed by atoms with Gasteiger partial charge in [-0.3, -0.25) is 4.79 Å². The predicted octanol–water partition coefficient (Wildman–Crippen LogP) is 3.95. The van der Waals surface area contributed by atoms with E-state index in [1.54, 1.807) is 0 Å². The van der Waals surface area contributed by atoms with Gasteiger partial charge in [-0.15, -0.1) is 0 Å².